The molecule has 2 rings (SSSR count). The Labute approximate surface area is 53.9 Å². The van der Waals surface area contributed by atoms with Gasteiger partial charge in [-0.05, 0) is 18.8 Å². The SMILES string of the molecule is O=C1CC2CC(O)C1C2. The third-order valence-corrected chi connectivity index (χ3v) is 2.53. The maximum absolute atomic E-state index is 10.9. The number of hydrogen-bond donors (Lipinski definition) is 1. The van der Waals surface area contributed by atoms with E-state index in [0.717, 1.165) is 19.3 Å². The second-order valence-electron chi connectivity index (χ2n) is 3.18. The predicted molar refractivity (Wildman–Crippen MR) is 31.8 cm³/mol. The van der Waals surface area contributed by atoms with Gasteiger partial charge in [0.15, 0.2) is 0 Å². The fourth-order valence-corrected chi connectivity index (χ4v) is 2.07. The Morgan fingerprint density at radius 1 is 1.44 bits per heavy atom. The highest BCUT2D eigenvalue weighted by molar-refractivity contribution is 5.84. The number of carbonyl (C=O) groups excluding carboxylic acids is 1. The van der Waals surface area contributed by atoms with E-state index in [4.69, 9.17) is 5.11 Å². The van der Waals surface area contributed by atoms with Crippen molar-refractivity contribution in [2.24, 2.45) is 11.8 Å². The lowest BCUT2D eigenvalue weighted by atomic mass is 9.97. The van der Waals surface area contributed by atoms with Crippen LogP contribution in [0.1, 0.15) is 19.3 Å². The standard InChI is InChI=1S/C7H10O2/c8-6-2-4-1-5(6)7(9)3-4/h4-6,8H,1-3H2. The van der Waals surface area contributed by atoms with E-state index in [1.165, 1.54) is 0 Å². The maximum atomic E-state index is 10.9. The Balaban J connectivity index is 2.21. The first kappa shape index (κ1) is 5.42. The van der Waals surface area contributed by atoms with Gasteiger partial charge in [0.1, 0.15) is 5.78 Å². The average molecular weight is 126 g/mol. The minimum Gasteiger partial charge on any atom is -0.392 e. The summed E-state index contributed by atoms with van der Waals surface area (Å²) in [6.07, 6.45) is 2.27. The first-order valence-corrected chi connectivity index (χ1v) is 3.48. The first-order chi connectivity index (χ1) is 4.27. The second kappa shape index (κ2) is 1.57. The van der Waals surface area contributed by atoms with Gasteiger partial charge in [-0.1, -0.05) is 0 Å². The monoisotopic (exact) mass is 126 g/mol. The molecule has 2 saturated carbocycles. The minimum absolute atomic E-state index is 0.0231. The molecule has 1 N–H and O–H groups in total. The minimum atomic E-state index is -0.295. The van der Waals surface area contributed by atoms with Crippen molar-refractivity contribution in [1.82, 2.24) is 0 Å². The Morgan fingerprint density at radius 2 is 2.22 bits per heavy atom. The molecule has 0 spiro atoms. The molecule has 0 aliphatic heterocycles. The molecule has 0 aromatic carbocycles. The van der Waals surface area contributed by atoms with Crippen LogP contribution in [0, 0.1) is 11.8 Å². The summed E-state index contributed by atoms with van der Waals surface area (Å²) in [5.74, 6) is 0.839. The summed E-state index contributed by atoms with van der Waals surface area (Å²) in [7, 11) is 0. The third-order valence-electron chi connectivity index (χ3n) is 2.53. The summed E-state index contributed by atoms with van der Waals surface area (Å²) in [4.78, 5) is 10.9. The quantitative estimate of drug-likeness (QED) is 0.508. The van der Waals surface area contributed by atoms with Crippen molar-refractivity contribution in [3.63, 3.8) is 0 Å². The van der Waals surface area contributed by atoms with Crippen LogP contribution in [0.5, 0.6) is 0 Å². The molecule has 0 aromatic rings. The molecule has 2 nitrogen and oxygen atoms in total. The Bertz CT molecular complexity index is 153. The number of Topliss-reactive ketones (excluding diaryl/α,β-unsaturated/α-hetero) is 1. The molecule has 0 saturated heterocycles. The highest BCUT2D eigenvalue weighted by atomic mass is 16.3. The Hall–Kier alpha value is -0.370. The van der Waals surface area contributed by atoms with Gasteiger partial charge in [-0.15, -0.1) is 0 Å². The zero-order chi connectivity index (χ0) is 6.43. The highest BCUT2D eigenvalue weighted by Gasteiger charge is 2.44. The molecule has 2 heteroatoms. The number of fused-ring (bicyclic) bond motifs is 2. The van der Waals surface area contributed by atoms with E-state index in [9.17, 15) is 4.79 Å². The van der Waals surface area contributed by atoms with Crippen molar-refractivity contribution in [3.8, 4) is 0 Å². The molecule has 2 bridgehead atoms. The summed E-state index contributed by atoms with van der Waals surface area (Å²) in [5, 5.41) is 9.17. The van der Waals surface area contributed by atoms with Gasteiger partial charge in [0.05, 0.1) is 6.10 Å². The van der Waals surface area contributed by atoms with E-state index in [1.807, 2.05) is 0 Å². The summed E-state index contributed by atoms with van der Waals surface area (Å²) in [6.45, 7) is 0. The summed E-state index contributed by atoms with van der Waals surface area (Å²) >= 11 is 0. The predicted octanol–water partition coefficient (Wildman–Crippen LogP) is 0.346. The van der Waals surface area contributed by atoms with Gasteiger partial charge in [-0.2, -0.15) is 0 Å². The van der Waals surface area contributed by atoms with Crippen LogP contribution < -0.4 is 0 Å². The zero-order valence-electron chi connectivity index (χ0n) is 5.21. The van der Waals surface area contributed by atoms with Crippen LogP contribution >= 0.6 is 0 Å². The second-order valence-corrected chi connectivity index (χ2v) is 3.18. The fourth-order valence-electron chi connectivity index (χ4n) is 2.07. The number of aliphatic hydroxyl groups excluding tert-OH is 1. The van der Waals surface area contributed by atoms with Crippen LogP contribution in [0.3, 0.4) is 0 Å². The number of aliphatic hydroxyl groups is 1. The number of ketones is 1. The third kappa shape index (κ3) is 0.628. The van der Waals surface area contributed by atoms with E-state index in [0.29, 0.717) is 11.7 Å². The van der Waals surface area contributed by atoms with Crippen molar-refractivity contribution in [1.29, 1.82) is 0 Å². The lowest BCUT2D eigenvalue weighted by Gasteiger charge is -2.13. The van der Waals surface area contributed by atoms with Crippen molar-refractivity contribution in [2.75, 3.05) is 0 Å². The molecule has 9 heavy (non-hydrogen) atoms. The molecule has 3 atom stereocenters. The highest BCUT2D eigenvalue weighted by Crippen LogP contribution is 2.41. The number of carbonyl (C=O) groups is 1. The van der Waals surface area contributed by atoms with Gasteiger partial charge >= 0.3 is 0 Å². The molecule has 2 aliphatic carbocycles. The smallest absolute Gasteiger partial charge is 0.138 e. The molecule has 3 unspecified atom stereocenters. The van der Waals surface area contributed by atoms with E-state index in [1.54, 1.807) is 0 Å². The van der Waals surface area contributed by atoms with Crippen molar-refractivity contribution < 1.29 is 9.90 Å². The van der Waals surface area contributed by atoms with Crippen molar-refractivity contribution in [3.05, 3.63) is 0 Å². The zero-order valence-corrected chi connectivity index (χ0v) is 5.21. The molecular weight excluding hydrogens is 116 g/mol. The van der Waals surface area contributed by atoms with Gasteiger partial charge in [0.2, 0.25) is 0 Å². The molecule has 50 valence electrons. The van der Waals surface area contributed by atoms with E-state index >= 15 is 0 Å². The Morgan fingerprint density at radius 3 is 2.56 bits per heavy atom. The van der Waals surface area contributed by atoms with E-state index in [2.05, 4.69) is 0 Å². The van der Waals surface area contributed by atoms with Gasteiger partial charge < -0.3 is 5.11 Å². The fraction of sp³-hybridized carbons (Fsp3) is 0.857. The van der Waals surface area contributed by atoms with Gasteiger partial charge in [-0.25, -0.2) is 0 Å². The van der Waals surface area contributed by atoms with Crippen LogP contribution in [0.25, 0.3) is 0 Å². The maximum Gasteiger partial charge on any atom is 0.138 e. The van der Waals surface area contributed by atoms with Crippen LogP contribution in [-0.2, 0) is 4.79 Å². The van der Waals surface area contributed by atoms with Gasteiger partial charge in [0, 0.05) is 12.3 Å². The van der Waals surface area contributed by atoms with E-state index in [-0.39, 0.29) is 12.0 Å². The molecule has 2 aliphatic rings. The summed E-state index contributed by atoms with van der Waals surface area (Å²) < 4.78 is 0. The van der Waals surface area contributed by atoms with E-state index < -0.39 is 0 Å². The molecule has 0 amide bonds. The molecule has 2 fully saturated rings. The van der Waals surface area contributed by atoms with Gasteiger partial charge in [-0.3, -0.25) is 4.79 Å². The molecule has 0 radical (unpaired) electrons. The van der Waals surface area contributed by atoms with Gasteiger partial charge in [0.25, 0.3) is 0 Å². The normalized spacial score (nSPS) is 48.6. The van der Waals surface area contributed by atoms with Crippen LogP contribution in [0.15, 0.2) is 0 Å². The lowest BCUT2D eigenvalue weighted by Crippen LogP contribution is -2.23. The number of hydrogen-bond acceptors (Lipinski definition) is 2. The number of rotatable bonds is 0. The largest absolute Gasteiger partial charge is 0.392 e. The van der Waals surface area contributed by atoms with Crippen LogP contribution in [0.4, 0.5) is 0 Å². The molecule has 0 aromatic heterocycles. The van der Waals surface area contributed by atoms with Crippen LogP contribution in [-0.4, -0.2) is 17.0 Å². The topological polar surface area (TPSA) is 37.3 Å². The lowest BCUT2D eigenvalue weighted by molar-refractivity contribution is -0.125. The van der Waals surface area contributed by atoms with Crippen molar-refractivity contribution in [2.45, 2.75) is 25.4 Å². The molecular formula is C7H10O2. The summed E-state index contributed by atoms with van der Waals surface area (Å²) in [6, 6.07) is 0. The van der Waals surface area contributed by atoms with Crippen LogP contribution in [0.2, 0.25) is 0 Å². The first-order valence-electron chi connectivity index (χ1n) is 3.48. The summed E-state index contributed by atoms with van der Waals surface area (Å²) in [5.41, 5.74) is 0. The molecule has 0 heterocycles. The van der Waals surface area contributed by atoms with Crippen molar-refractivity contribution >= 4 is 5.78 Å². The average Bonchev–Trinajstić information content (AvgIpc) is 2.22. The Kier molecular flexibility index (Phi) is 0.943.